The van der Waals surface area contributed by atoms with Crippen molar-refractivity contribution in [3.63, 3.8) is 0 Å². The number of benzene rings is 1. The van der Waals surface area contributed by atoms with Crippen LogP contribution in [0.1, 0.15) is 0 Å². The van der Waals surface area contributed by atoms with Gasteiger partial charge in [0, 0.05) is 6.07 Å². The second-order valence-corrected chi connectivity index (χ2v) is 4.22. The summed E-state index contributed by atoms with van der Waals surface area (Å²) < 4.78 is 10.4. The number of para-hydroxylation sites is 1. The molecule has 1 aromatic heterocycles. The highest BCUT2D eigenvalue weighted by molar-refractivity contribution is 6.32. The molecule has 0 saturated carbocycles. The van der Waals surface area contributed by atoms with Gasteiger partial charge in [0.05, 0.1) is 17.1 Å². The maximum Gasteiger partial charge on any atom is 0.313 e. The molecule has 7 nitrogen and oxygen atoms in total. The van der Waals surface area contributed by atoms with Crippen LogP contribution in [0, 0.1) is 10.1 Å². The highest BCUT2D eigenvalue weighted by atomic mass is 35.5. The van der Waals surface area contributed by atoms with Gasteiger partial charge in [-0.25, -0.2) is 4.98 Å². The van der Waals surface area contributed by atoms with Gasteiger partial charge < -0.3 is 9.47 Å². The third kappa shape index (κ3) is 2.73. The topological polar surface area (TPSA) is 87.4 Å². The second kappa shape index (κ2) is 5.89. The lowest BCUT2D eigenvalue weighted by Gasteiger charge is -2.10. The van der Waals surface area contributed by atoms with Gasteiger partial charge in [-0.05, 0) is 6.07 Å². The van der Waals surface area contributed by atoms with E-state index in [0.29, 0.717) is 0 Å². The molecule has 9 heteroatoms. The van der Waals surface area contributed by atoms with Crippen LogP contribution in [0.25, 0.3) is 0 Å². The Hall–Kier alpha value is -2.12. The van der Waals surface area contributed by atoms with Gasteiger partial charge in [-0.15, -0.1) is 0 Å². The molecule has 0 bridgehead atoms. The number of hydrogen-bond acceptors (Lipinski definition) is 6. The molecule has 0 aliphatic rings. The summed E-state index contributed by atoms with van der Waals surface area (Å²) in [5.41, 5.74) is -0.297. The Bertz CT molecular complexity index is 666. The number of aromatic nitrogens is 2. The summed E-state index contributed by atoms with van der Waals surface area (Å²) in [6, 6.07) is 4.16. The molecule has 0 spiro atoms. The van der Waals surface area contributed by atoms with Gasteiger partial charge in [-0.3, -0.25) is 10.1 Å². The number of rotatable bonds is 4. The molecule has 0 atom stereocenters. The minimum absolute atomic E-state index is 0.0206. The first-order valence-corrected chi connectivity index (χ1v) is 5.95. The van der Waals surface area contributed by atoms with Crippen LogP contribution in [0.3, 0.4) is 0 Å². The first-order chi connectivity index (χ1) is 9.54. The Balaban J connectivity index is 2.50. The van der Waals surface area contributed by atoms with E-state index in [9.17, 15) is 10.1 Å². The predicted molar refractivity (Wildman–Crippen MR) is 71.8 cm³/mol. The van der Waals surface area contributed by atoms with Crippen LogP contribution < -0.4 is 9.47 Å². The average Bonchev–Trinajstić information content (AvgIpc) is 2.41. The summed E-state index contributed by atoms with van der Waals surface area (Å²) in [6.07, 6.45) is 1.14. The molecule has 0 aliphatic carbocycles. The van der Waals surface area contributed by atoms with E-state index in [0.717, 1.165) is 6.33 Å². The number of nitro groups is 1. The van der Waals surface area contributed by atoms with E-state index in [2.05, 4.69) is 9.97 Å². The fourth-order valence-corrected chi connectivity index (χ4v) is 1.83. The van der Waals surface area contributed by atoms with Crippen molar-refractivity contribution in [2.75, 3.05) is 7.11 Å². The molecule has 2 aromatic rings. The van der Waals surface area contributed by atoms with Gasteiger partial charge in [-0.2, -0.15) is 4.98 Å². The quantitative estimate of drug-likeness (QED) is 0.487. The van der Waals surface area contributed by atoms with Crippen LogP contribution in [0.5, 0.6) is 17.4 Å². The number of nitrogens with zero attached hydrogens (tertiary/aromatic N) is 3. The van der Waals surface area contributed by atoms with E-state index >= 15 is 0 Å². The van der Waals surface area contributed by atoms with Crippen LogP contribution in [0.4, 0.5) is 5.69 Å². The van der Waals surface area contributed by atoms with Gasteiger partial charge in [0.1, 0.15) is 6.33 Å². The summed E-state index contributed by atoms with van der Waals surface area (Å²) in [7, 11) is 1.35. The van der Waals surface area contributed by atoms with Crippen molar-refractivity contribution in [2.45, 2.75) is 0 Å². The summed E-state index contributed by atoms with van der Waals surface area (Å²) >= 11 is 11.7. The Morgan fingerprint density at radius 3 is 2.65 bits per heavy atom. The van der Waals surface area contributed by atoms with Gasteiger partial charge in [0.15, 0.2) is 5.15 Å². The SMILES string of the molecule is COc1c(Cl)ncnc1Oc1c(Cl)cccc1[N+](=O)[O-]. The third-order valence-corrected chi connectivity index (χ3v) is 2.84. The van der Waals surface area contributed by atoms with Gasteiger partial charge in [0.2, 0.25) is 11.5 Å². The number of nitro benzene ring substituents is 1. The van der Waals surface area contributed by atoms with Crippen molar-refractivity contribution < 1.29 is 14.4 Å². The van der Waals surface area contributed by atoms with Crippen molar-refractivity contribution in [1.29, 1.82) is 0 Å². The lowest BCUT2D eigenvalue weighted by atomic mass is 10.3. The zero-order chi connectivity index (χ0) is 14.7. The summed E-state index contributed by atoms with van der Waals surface area (Å²) in [4.78, 5) is 17.9. The third-order valence-electron chi connectivity index (χ3n) is 2.27. The molecule has 104 valence electrons. The number of hydrogen-bond donors (Lipinski definition) is 0. The Kier molecular flexibility index (Phi) is 4.21. The highest BCUT2D eigenvalue weighted by Gasteiger charge is 2.22. The van der Waals surface area contributed by atoms with Crippen LogP contribution in [0.15, 0.2) is 24.5 Å². The van der Waals surface area contributed by atoms with Crippen molar-refractivity contribution in [3.8, 4) is 17.4 Å². The van der Waals surface area contributed by atoms with E-state index in [4.69, 9.17) is 32.7 Å². The maximum absolute atomic E-state index is 11.0. The Morgan fingerprint density at radius 2 is 2.00 bits per heavy atom. The molecule has 2 rings (SSSR count). The highest BCUT2D eigenvalue weighted by Crippen LogP contribution is 2.41. The Morgan fingerprint density at radius 1 is 1.25 bits per heavy atom. The first-order valence-electron chi connectivity index (χ1n) is 5.19. The van der Waals surface area contributed by atoms with E-state index < -0.39 is 4.92 Å². The van der Waals surface area contributed by atoms with Crippen molar-refractivity contribution in [3.05, 3.63) is 44.8 Å². The van der Waals surface area contributed by atoms with E-state index in [-0.39, 0.29) is 33.2 Å². The van der Waals surface area contributed by atoms with Crippen molar-refractivity contribution in [2.24, 2.45) is 0 Å². The minimum Gasteiger partial charge on any atom is -0.489 e. The van der Waals surface area contributed by atoms with Crippen LogP contribution in [-0.2, 0) is 0 Å². The summed E-state index contributed by atoms with van der Waals surface area (Å²) in [5.74, 6) is -0.153. The molecular weight excluding hydrogens is 309 g/mol. The van der Waals surface area contributed by atoms with Gasteiger partial charge in [-0.1, -0.05) is 29.3 Å². The van der Waals surface area contributed by atoms with Crippen LogP contribution in [0.2, 0.25) is 10.2 Å². The van der Waals surface area contributed by atoms with Crippen LogP contribution in [-0.4, -0.2) is 22.0 Å². The number of ether oxygens (including phenoxy) is 2. The summed E-state index contributed by atoms with van der Waals surface area (Å²) in [6.45, 7) is 0. The molecule has 0 saturated heterocycles. The standard InChI is InChI=1S/C11H7Cl2N3O4/c1-19-9-10(13)14-5-15-11(9)20-8-6(12)3-2-4-7(8)16(17)18/h2-5H,1H3. The van der Waals surface area contributed by atoms with E-state index in [1.54, 1.807) is 0 Å². The second-order valence-electron chi connectivity index (χ2n) is 3.45. The lowest BCUT2D eigenvalue weighted by Crippen LogP contribution is -1.98. The lowest BCUT2D eigenvalue weighted by molar-refractivity contribution is -0.385. The molecule has 20 heavy (non-hydrogen) atoms. The zero-order valence-electron chi connectivity index (χ0n) is 10.0. The largest absolute Gasteiger partial charge is 0.489 e. The smallest absolute Gasteiger partial charge is 0.313 e. The molecule has 1 aromatic carbocycles. The number of methoxy groups -OCH3 is 1. The molecule has 0 unspecified atom stereocenters. The van der Waals surface area contributed by atoms with Gasteiger partial charge >= 0.3 is 5.69 Å². The molecule has 0 N–H and O–H groups in total. The van der Waals surface area contributed by atoms with Crippen molar-refractivity contribution >= 4 is 28.9 Å². The van der Waals surface area contributed by atoms with E-state index in [1.165, 1.54) is 25.3 Å². The first kappa shape index (κ1) is 14.3. The normalized spacial score (nSPS) is 10.2. The van der Waals surface area contributed by atoms with Crippen LogP contribution >= 0.6 is 23.2 Å². The Labute approximate surface area is 123 Å². The fourth-order valence-electron chi connectivity index (χ4n) is 1.42. The summed E-state index contributed by atoms with van der Waals surface area (Å²) in [5, 5.41) is 11.0. The molecule has 1 heterocycles. The number of halogens is 2. The van der Waals surface area contributed by atoms with Crippen molar-refractivity contribution in [1.82, 2.24) is 9.97 Å². The predicted octanol–water partition coefficient (Wildman–Crippen LogP) is 3.49. The molecule has 0 aliphatic heterocycles. The maximum atomic E-state index is 11.0. The average molecular weight is 316 g/mol. The van der Waals surface area contributed by atoms with Gasteiger partial charge in [0.25, 0.3) is 5.88 Å². The molecule has 0 fully saturated rings. The minimum atomic E-state index is -0.615. The zero-order valence-corrected chi connectivity index (χ0v) is 11.6. The fraction of sp³-hybridized carbons (Fsp3) is 0.0909. The molecular formula is C11H7Cl2N3O4. The molecule has 0 radical (unpaired) electrons. The van der Waals surface area contributed by atoms with E-state index in [1.807, 2.05) is 0 Å². The monoisotopic (exact) mass is 315 g/mol. The molecule has 0 amide bonds.